The molecule has 1 aliphatic heterocycles. The van der Waals surface area contributed by atoms with E-state index in [4.69, 9.17) is 0 Å². The fraction of sp³-hybridized carbons (Fsp3) is 0.250. The summed E-state index contributed by atoms with van der Waals surface area (Å²) < 4.78 is 0.787. The molecule has 1 aromatic carbocycles. The van der Waals surface area contributed by atoms with Crippen molar-refractivity contribution < 1.29 is 9.90 Å². The highest BCUT2D eigenvalue weighted by Crippen LogP contribution is 2.32. The highest BCUT2D eigenvalue weighted by molar-refractivity contribution is 9.11. The van der Waals surface area contributed by atoms with Crippen molar-refractivity contribution in [3.8, 4) is 0 Å². The Hall–Kier alpha value is -1.29. The molecule has 1 atom stereocenters. The first kappa shape index (κ1) is 11.2. The van der Waals surface area contributed by atoms with Crippen LogP contribution in [0.5, 0.6) is 0 Å². The van der Waals surface area contributed by atoms with Crippen molar-refractivity contribution in [2.24, 2.45) is 0 Å². The summed E-state index contributed by atoms with van der Waals surface area (Å²) in [5, 5.41) is 9.18. The Bertz CT molecular complexity index is 444. The number of carboxylic acid groups (broad SMARTS) is 1. The first-order valence-electron chi connectivity index (χ1n) is 5.00. The number of nitrogens with zero attached hydrogens (tertiary/aromatic N) is 1. The Morgan fingerprint density at radius 3 is 2.88 bits per heavy atom. The quantitative estimate of drug-likeness (QED) is 0.925. The molecule has 0 saturated carbocycles. The Morgan fingerprint density at radius 1 is 1.56 bits per heavy atom. The van der Waals surface area contributed by atoms with Gasteiger partial charge in [0.1, 0.15) is 6.04 Å². The maximum Gasteiger partial charge on any atom is 0.326 e. The van der Waals surface area contributed by atoms with Gasteiger partial charge in [-0.25, -0.2) is 4.79 Å². The normalized spacial score (nSPS) is 18.3. The minimum Gasteiger partial charge on any atom is -0.480 e. The van der Waals surface area contributed by atoms with Gasteiger partial charge < -0.3 is 10.0 Å². The summed E-state index contributed by atoms with van der Waals surface area (Å²) in [5.41, 5.74) is 2.08. The van der Waals surface area contributed by atoms with Gasteiger partial charge in [0.05, 0.1) is 0 Å². The van der Waals surface area contributed by atoms with Crippen LogP contribution < -0.4 is 4.90 Å². The second-order valence-corrected chi connectivity index (χ2v) is 4.95. The van der Waals surface area contributed by atoms with Crippen LogP contribution in [0, 0.1) is 0 Å². The molecular weight excluding hydrogens is 270 g/mol. The predicted molar refractivity (Wildman–Crippen MR) is 67.0 cm³/mol. The number of carboxylic acids is 1. The highest BCUT2D eigenvalue weighted by atomic mass is 79.9. The van der Waals surface area contributed by atoms with Crippen molar-refractivity contribution in [1.82, 2.24) is 0 Å². The Balaban J connectivity index is 2.35. The molecular formula is C12H12BrNO2. The monoisotopic (exact) mass is 281 g/mol. The summed E-state index contributed by atoms with van der Waals surface area (Å²) in [6, 6.07) is 7.31. The van der Waals surface area contributed by atoms with Gasteiger partial charge in [0.25, 0.3) is 0 Å². The summed E-state index contributed by atoms with van der Waals surface area (Å²) in [6.07, 6.45) is 0.561. The van der Waals surface area contributed by atoms with Crippen molar-refractivity contribution in [3.63, 3.8) is 0 Å². The number of hydrogen-bond acceptors (Lipinski definition) is 2. The van der Waals surface area contributed by atoms with Crippen molar-refractivity contribution in [3.05, 3.63) is 40.9 Å². The minimum atomic E-state index is -0.787. The Labute approximate surface area is 103 Å². The summed E-state index contributed by atoms with van der Waals surface area (Å²) in [6.45, 7) is 4.29. The molecule has 3 nitrogen and oxygen atoms in total. The van der Waals surface area contributed by atoms with Crippen molar-refractivity contribution in [2.45, 2.75) is 12.5 Å². The molecule has 1 heterocycles. The predicted octanol–water partition coefficient (Wildman–Crippen LogP) is 2.41. The van der Waals surface area contributed by atoms with Gasteiger partial charge in [-0.1, -0.05) is 40.7 Å². The van der Waals surface area contributed by atoms with Gasteiger partial charge >= 0.3 is 5.97 Å². The Morgan fingerprint density at radius 2 is 2.25 bits per heavy atom. The van der Waals surface area contributed by atoms with E-state index in [1.807, 2.05) is 29.2 Å². The minimum absolute atomic E-state index is 0.480. The summed E-state index contributed by atoms with van der Waals surface area (Å²) >= 11 is 3.28. The maximum atomic E-state index is 11.2. The van der Waals surface area contributed by atoms with Gasteiger partial charge in [-0.15, -0.1) is 0 Å². The van der Waals surface area contributed by atoms with Gasteiger partial charge in [-0.05, 0) is 11.6 Å². The second-order valence-electron chi connectivity index (χ2n) is 3.83. The van der Waals surface area contributed by atoms with Crippen LogP contribution in [0.3, 0.4) is 0 Å². The number of rotatable bonds is 3. The average Bonchev–Trinajstić information content (AvgIpc) is 2.57. The van der Waals surface area contributed by atoms with Gasteiger partial charge in [-0.3, -0.25) is 0 Å². The van der Waals surface area contributed by atoms with Crippen LogP contribution >= 0.6 is 15.9 Å². The third kappa shape index (κ3) is 1.97. The molecule has 0 radical (unpaired) electrons. The number of carbonyl (C=O) groups is 1. The van der Waals surface area contributed by atoms with Crippen molar-refractivity contribution in [2.75, 3.05) is 11.4 Å². The molecule has 0 fully saturated rings. The lowest BCUT2D eigenvalue weighted by atomic mass is 10.1. The second kappa shape index (κ2) is 4.29. The number of para-hydroxylation sites is 1. The number of fused-ring (bicyclic) bond motifs is 1. The number of hydrogen-bond donors (Lipinski definition) is 1. The lowest BCUT2D eigenvalue weighted by Gasteiger charge is -2.24. The molecule has 0 amide bonds. The van der Waals surface area contributed by atoms with Crippen LogP contribution in [0.1, 0.15) is 5.56 Å². The molecule has 2 rings (SSSR count). The fourth-order valence-corrected chi connectivity index (χ4v) is 2.32. The van der Waals surface area contributed by atoms with E-state index >= 15 is 0 Å². The molecule has 0 aliphatic carbocycles. The smallest absolute Gasteiger partial charge is 0.326 e. The standard InChI is InChI=1S/C12H12BrNO2/c1-8(13)7-14-10-5-3-2-4-9(10)6-11(14)12(15)16/h2-5,11H,1,6-7H2,(H,15,16). The van der Waals surface area contributed by atoms with Crippen LogP contribution in [-0.4, -0.2) is 23.7 Å². The number of halogens is 1. The largest absolute Gasteiger partial charge is 0.480 e. The highest BCUT2D eigenvalue weighted by Gasteiger charge is 2.33. The zero-order chi connectivity index (χ0) is 11.7. The summed E-state index contributed by atoms with van der Waals surface area (Å²) in [7, 11) is 0. The molecule has 1 unspecified atom stereocenters. The van der Waals surface area contributed by atoms with Crippen molar-refractivity contribution in [1.29, 1.82) is 0 Å². The lowest BCUT2D eigenvalue weighted by Crippen LogP contribution is -2.39. The summed E-state index contributed by atoms with van der Waals surface area (Å²) in [4.78, 5) is 13.0. The molecule has 0 aromatic heterocycles. The Kier molecular flexibility index (Phi) is 3.01. The average molecular weight is 282 g/mol. The van der Waals surface area contributed by atoms with Crippen molar-refractivity contribution >= 4 is 27.6 Å². The first-order chi connectivity index (χ1) is 7.59. The zero-order valence-electron chi connectivity index (χ0n) is 8.69. The molecule has 4 heteroatoms. The zero-order valence-corrected chi connectivity index (χ0v) is 10.3. The van der Waals surface area contributed by atoms with E-state index in [1.165, 1.54) is 0 Å². The maximum absolute atomic E-state index is 11.2. The molecule has 1 aromatic rings. The van der Waals surface area contributed by atoms with Crippen LogP contribution in [0.15, 0.2) is 35.3 Å². The van der Waals surface area contributed by atoms with Crippen LogP contribution in [0.2, 0.25) is 0 Å². The van der Waals surface area contributed by atoms with Crippen LogP contribution in [0.4, 0.5) is 5.69 Å². The molecule has 16 heavy (non-hydrogen) atoms. The molecule has 0 spiro atoms. The van der Waals surface area contributed by atoms with E-state index in [1.54, 1.807) is 0 Å². The first-order valence-corrected chi connectivity index (χ1v) is 5.79. The SMILES string of the molecule is C=C(Br)CN1c2ccccc2CC1C(=O)O. The number of anilines is 1. The van der Waals surface area contributed by atoms with Crippen LogP contribution in [-0.2, 0) is 11.2 Å². The number of benzene rings is 1. The topological polar surface area (TPSA) is 40.5 Å². The van der Waals surface area contributed by atoms with Gasteiger partial charge in [0, 0.05) is 23.1 Å². The van der Waals surface area contributed by atoms with Gasteiger partial charge in [0.2, 0.25) is 0 Å². The van der Waals surface area contributed by atoms with E-state index < -0.39 is 12.0 Å². The molecule has 84 valence electrons. The molecule has 1 N–H and O–H groups in total. The van der Waals surface area contributed by atoms with Crippen LogP contribution in [0.25, 0.3) is 0 Å². The fourth-order valence-electron chi connectivity index (χ4n) is 2.05. The lowest BCUT2D eigenvalue weighted by molar-refractivity contribution is -0.138. The van der Waals surface area contributed by atoms with E-state index in [0.717, 1.165) is 15.7 Å². The van der Waals surface area contributed by atoms with E-state index in [-0.39, 0.29) is 0 Å². The van der Waals surface area contributed by atoms with Gasteiger partial charge in [-0.2, -0.15) is 0 Å². The molecule has 1 aliphatic rings. The van der Waals surface area contributed by atoms with E-state index in [9.17, 15) is 9.90 Å². The third-order valence-corrected chi connectivity index (χ3v) is 2.97. The third-order valence-electron chi connectivity index (χ3n) is 2.72. The number of aliphatic carboxylic acids is 1. The van der Waals surface area contributed by atoms with E-state index in [0.29, 0.717) is 13.0 Å². The summed E-state index contributed by atoms with van der Waals surface area (Å²) in [5.74, 6) is -0.787. The molecule has 0 saturated heterocycles. The molecule has 0 bridgehead atoms. The van der Waals surface area contributed by atoms with E-state index in [2.05, 4.69) is 22.5 Å². The van der Waals surface area contributed by atoms with Gasteiger partial charge in [0.15, 0.2) is 0 Å².